The Kier molecular flexibility index (Phi) is 2.58. The van der Waals surface area contributed by atoms with E-state index in [1.807, 2.05) is 0 Å². The standard InChI is InChI=1S/C10H14N2/c1-7-5-10(12-11-4)6-8(2)9(7)3/h5-6H,1-4H3/b12-11+. The van der Waals surface area contributed by atoms with Gasteiger partial charge in [-0.2, -0.15) is 10.2 Å². The van der Waals surface area contributed by atoms with Crippen molar-refractivity contribution in [3.05, 3.63) is 28.8 Å². The third kappa shape index (κ3) is 1.70. The number of nitrogens with zero attached hydrogens (tertiary/aromatic N) is 2. The largest absolute Gasteiger partial charge is 0.192 e. The zero-order valence-corrected chi connectivity index (χ0v) is 8.05. The Labute approximate surface area is 73.3 Å². The first-order chi connectivity index (χ1) is 5.65. The summed E-state index contributed by atoms with van der Waals surface area (Å²) in [6, 6.07) is 4.10. The van der Waals surface area contributed by atoms with Crippen LogP contribution >= 0.6 is 0 Å². The zero-order valence-electron chi connectivity index (χ0n) is 8.05. The van der Waals surface area contributed by atoms with Gasteiger partial charge < -0.3 is 0 Å². The summed E-state index contributed by atoms with van der Waals surface area (Å²) in [7, 11) is 1.69. The molecule has 2 heteroatoms. The molecule has 0 saturated heterocycles. The Morgan fingerprint density at radius 2 is 1.50 bits per heavy atom. The molecule has 0 amide bonds. The zero-order chi connectivity index (χ0) is 9.14. The van der Waals surface area contributed by atoms with Crippen LogP contribution in [0, 0.1) is 20.8 Å². The number of benzene rings is 1. The fourth-order valence-corrected chi connectivity index (χ4v) is 1.19. The monoisotopic (exact) mass is 162 g/mol. The first kappa shape index (κ1) is 8.91. The molecule has 0 unspecified atom stereocenters. The highest BCUT2D eigenvalue weighted by atomic mass is 15.1. The van der Waals surface area contributed by atoms with Crippen LogP contribution in [0.2, 0.25) is 0 Å². The van der Waals surface area contributed by atoms with E-state index in [1.165, 1.54) is 16.7 Å². The molecule has 0 spiro atoms. The number of hydrogen-bond acceptors (Lipinski definition) is 2. The maximum atomic E-state index is 3.99. The molecule has 0 aliphatic rings. The van der Waals surface area contributed by atoms with Gasteiger partial charge in [0, 0.05) is 7.05 Å². The van der Waals surface area contributed by atoms with Crippen molar-refractivity contribution in [2.24, 2.45) is 10.2 Å². The molecule has 0 aromatic heterocycles. The Morgan fingerprint density at radius 1 is 1.00 bits per heavy atom. The van der Waals surface area contributed by atoms with Crippen LogP contribution < -0.4 is 0 Å². The van der Waals surface area contributed by atoms with E-state index in [9.17, 15) is 0 Å². The summed E-state index contributed by atoms with van der Waals surface area (Å²) in [5.41, 5.74) is 4.83. The van der Waals surface area contributed by atoms with Crippen molar-refractivity contribution in [3.8, 4) is 0 Å². The molecule has 0 bridgehead atoms. The maximum absolute atomic E-state index is 3.99. The Bertz CT molecular complexity index is 291. The van der Waals surface area contributed by atoms with E-state index in [-0.39, 0.29) is 0 Å². The average Bonchev–Trinajstić information content (AvgIpc) is 2.01. The molecule has 0 heterocycles. The van der Waals surface area contributed by atoms with E-state index >= 15 is 0 Å². The topological polar surface area (TPSA) is 24.7 Å². The molecule has 1 rings (SSSR count). The SMILES string of the molecule is C/N=N/c1cc(C)c(C)c(C)c1. The average molecular weight is 162 g/mol. The van der Waals surface area contributed by atoms with Crippen molar-refractivity contribution in [2.45, 2.75) is 20.8 Å². The molecule has 0 fully saturated rings. The highest BCUT2D eigenvalue weighted by Crippen LogP contribution is 2.21. The third-order valence-electron chi connectivity index (χ3n) is 2.13. The quantitative estimate of drug-likeness (QED) is 0.566. The van der Waals surface area contributed by atoms with Gasteiger partial charge in [-0.25, -0.2) is 0 Å². The fourth-order valence-electron chi connectivity index (χ4n) is 1.19. The van der Waals surface area contributed by atoms with E-state index in [0.29, 0.717) is 0 Å². The van der Waals surface area contributed by atoms with Crippen molar-refractivity contribution in [1.82, 2.24) is 0 Å². The van der Waals surface area contributed by atoms with Gasteiger partial charge in [0.05, 0.1) is 5.69 Å². The van der Waals surface area contributed by atoms with Gasteiger partial charge in [0.1, 0.15) is 0 Å². The smallest absolute Gasteiger partial charge is 0.0857 e. The number of hydrogen-bond donors (Lipinski definition) is 0. The third-order valence-corrected chi connectivity index (χ3v) is 2.13. The summed E-state index contributed by atoms with van der Waals surface area (Å²) in [6.45, 7) is 6.31. The van der Waals surface area contributed by atoms with Crippen LogP contribution in [0.15, 0.2) is 22.4 Å². The fraction of sp³-hybridized carbons (Fsp3) is 0.400. The van der Waals surface area contributed by atoms with Crippen LogP contribution in [0.1, 0.15) is 16.7 Å². The van der Waals surface area contributed by atoms with Crippen molar-refractivity contribution < 1.29 is 0 Å². The summed E-state index contributed by atoms with van der Waals surface area (Å²) in [5, 5.41) is 7.74. The molecule has 0 atom stereocenters. The highest BCUT2D eigenvalue weighted by Gasteiger charge is 1.98. The summed E-state index contributed by atoms with van der Waals surface area (Å²) >= 11 is 0. The van der Waals surface area contributed by atoms with E-state index in [4.69, 9.17) is 0 Å². The van der Waals surface area contributed by atoms with E-state index in [2.05, 4.69) is 43.1 Å². The molecule has 0 aliphatic carbocycles. The Balaban J connectivity index is 3.21. The lowest BCUT2D eigenvalue weighted by molar-refractivity contribution is 1.15. The van der Waals surface area contributed by atoms with Gasteiger partial charge in [-0.05, 0) is 49.6 Å². The van der Waals surface area contributed by atoms with Crippen molar-refractivity contribution in [1.29, 1.82) is 0 Å². The minimum Gasteiger partial charge on any atom is -0.192 e. The lowest BCUT2D eigenvalue weighted by Gasteiger charge is -2.04. The molecule has 0 aliphatic heterocycles. The molecule has 0 N–H and O–H groups in total. The van der Waals surface area contributed by atoms with E-state index < -0.39 is 0 Å². The minimum absolute atomic E-state index is 0.943. The van der Waals surface area contributed by atoms with Gasteiger partial charge in [-0.3, -0.25) is 0 Å². The van der Waals surface area contributed by atoms with E-state index in [0.717, 1.165) is 5.69 Å². The second-order valence-corrected chi connectivity index (χ2v) is 3.00. The minimum atomic E-state index is 0.943. The summed E-state index contributed by atoms with van der Waals surface area (Å²) < 4.78 is 0. The van der Waals surface area contributed by atoms with Gasteiger partial charge in [-0.1, -0.05) is 0 Å². The second-order valence-electron chi connectivity index (χ2n) is 3.00. The lowest BCUT2D eigenvalue weighted by Crippen LogP contribution is -1.84. The normalized spacial score (nSPS) is 11.0. The predicted octanol–water partition coefficient (Wildman–Crippen LogP) is 3.33. The molecule has 64 valence electrons. The second kappa shape index (κ2) is 3.48. The Hall–Kier alpha value is -1.18. The number of azo groups is 1. The van der Waals surface area contributed by atoms with Crippen LogP contribution in [0.5, 0.6) is 0 Å². The summed E-state index contributed by atoms with van der Waals surface area (Å²) in [4.78, 5) is 0. The van der Waals surface area contributed by atoms with Gasteiger partial charge in [-0.15, -0.1) is 0 Å². The molecular formula is C10H14N2. The molecule has 0 radical (unpaired) electrons. The van der Waals surface area contributed by atoms with Crippen LogP contribution in [0.25, 0.3) is 0 Å². The highest BCUT2D eigenvalue weighted by molar-refractivity contribution is 5.47. The van der Waals surface area contributed by atoms with Crippen LogP contribution in [-0.2, 0) is 0 Å². The number of aryl methyl sites for hydroxylation is 2. The lowest BCUT2D eigenvalue weighted by atomic mass is 10.0. The van der Waals surface area contributed by atoms with E-state index in [1.54, 1.807) is 7.05 Å². The summed E-state index contributed by atoms with van der Waals surface area (Å²) in [5.74, 6) is 0. The molecule has 12 heavy (non-hydrogen) atoms. The van der Waals surface area contributed by atoms with Crippen LogP contribution in [-0.4, -0.2) is 7.05 Å². The molecule has 0 saturated carbocycles. The molecule has 1 aromatic rings. The molecule has 2 nitrogen and oxygen atoms in total. The predicted molar refractivity (Wildman–Crippen MR) is 51.1 cm³/mol. The summed E-state index contributed by atoms with van der Waals surface area (Å²) in [6.07, 6.45) is 0. The molecule has 1 aromatic carbocycles. The van der Waals surface area contributed by atoms with Crippen LogP contribution in [0.4, 0.5) is 5.69 Å². The molecular weight excluding hydrogens is 148 g/mol. The first-order valence-corrected chi connectivity index (χ1v) is 4.03. The van der Waals surface area contributed by atoms with Gasteiger partial charge in [0.25, 0.3) is 0 Å². The Morgan fingerprint density at radius 3 is 1.92 bits per heavy atom. The first-order valence-electron chi connectivity index (χ1n) is 4.03. The van der Waals surface area contributed by atoms with Gasteiger partial charge in [0.15, 0.2) is 0 Å². The van der Waals surface area contributed by atoms with Crippen LogP contribution in [0.3, 0.4) is 0 Å². The van der Waals surface area contributed by atoms with Crippen molar-refractivity contribution in [2.75, 3.05) is 7.05 Å². The maximum Gasteiger partial charge on any atom is 0.0857 e. The van der Waals surface area contributed by atoms with Crippen molar-refractivity contribution >= 4 is 5.69 Å². The van der Waals surface area contributed by atoms with Gasteiger partial charge in [0.2, 0.25) is 0 Å². The van der Waals surface area contributed by atoms with Gasteiger partial charge >= 0.3 is 0 Å². The van der Waals surface area contributed by atoms with Crippen molar-refractivity contribution in [3.63, 3.8) is 0 Å². The number of rotatable bonds is 1.